The molecule has 0 spiro atoms. The second-order valence-electron chi connectivity index (χ2n) is 9.31. The van der Waals surface area contributed by atoms with Gasteiger partial charge in [0.25, 0.3) is 0 Å². The summed E-state index contributed by atoms with van der Waals surface area (Å²) in [6.07, 6.45) is 8.57. The number of carbonyl (C=O) groups is 2. The normalized spacial score (nSPS) is 13.1. The van der Waals surface area contributed by atoms with Gasteiger partial charge in [-0.1, -0.05) is 61.7 Å². The molecular formula is C34H25NO4. The molecule has 39 heavy (non-hydrogen) atoms. The lowest BCUT2D eigenvalue weighted by molar-refractivity contribution is -0.129. The van der Waals surface area contributed by atoms with Crippen LogP contribution in [0.5, 0.6) is 11.5 Å². The van der Waals surface area contributed by atoms with E-state index in [1.165, 1.54) is 27.5 Å². The van der Waals surface area contributed by atoms with Gasteiger partial charge in [0.1, 0.15) is 11.5 Å². The van der Waals surface area contributed by atoms with Gasteiger partial charge in [-0.3, -0.25) is 0 Å². The third-order valence-corrected chi connectivity index (χ3v) is 6.99. The lowest BCUT2D eigenvalue weighted by Crippen LogP contribution is -2.19. The fourth-order valence-electron chi connectivity index (χ4n) is 5.31. The summed E-state index contributed by atoms with van der Waals surface area (Å²) in [4.78, 5) is 25.8. The number of hydrogen-bond donors (Lipinski definition) is 0. The van der Waals surface area contributed by atoms with Crippen LogP contribution < -0.4 is 14.4 Å². The molecule has 0 radical (unpaired) electrons. The minimum atomic E-state index is -0.523. The molecule has 0 amide bonds. The van der Waals surface area contributed by atoms with E-state index in [9.17, 15) is 9.59 Å². The number of rotatable bonds is 7. The van der Waals surface area contributed by atoms with Crippen molar-refractivity contribution in [3.05, 3.63) is 133 Å². The summed E-state index contributed by atoms with van der Waals surface area (Å²) in [7, 11) is 0. The second kappa shape index (κ2) is 9.95. The molecule has 5 nitrogen and oxygen atoms in total. The predicted molar refractivity (Wildman–Crippen MR) is 155 cm³/mol. The van der Waals surface area contributed by atoms with Gasteiger partial charge in [0.2, 0.25) is 0 Å². The number of carbonyl (C=O) groups excluding carboxylic acids is 2. The topological polar surface area (TPSA) is 55.8 Å². The van der Waals surface area contributed by atoms with Gasteiger partial charge in [0.05, 0.1) is 5.70 Å². The Kier molecular flexibility index (Phi) is 6.17. The van der Waals surface area contributed by atoms with E-state index in [4.69, 9.17) is 9.47 Å². The molecule has 0 atom stereocenters. The maximum atomic E-state index is 11.9. The Hall–Kier alpha value is -5.16. The summed E-state index contributed by atoms with van der Waals surface area (Å²) < 4.78 is 10.7. The minimum Gasteiger partial charge on any atom is -0.423 e. The fraction of sp³-hybridized carbons (Fsp3) is 0.0588. The van der Waals surface area contributed by atoms with Gasteiger partial charge in [0, 0.05) is 35.2 Å². The maximum absolute atomic E-state index is 11.9. The Morgan fingerprint density at radius 1 is 0.744 bits per heavy atom. The molecule has 190 valence electrons. The van der Waals surface area contributed by atoms with E-state index in [0.717, 1.165) is 47.6 Å². The zero-order valence-electron chi connectivity index (χ0n) is 21.2. The number of allylic oxidation sites excluding steroid dienone is 3. The SMILES string of the molecule is C=CC(=O)Oc1ccc(N(C2=CCC3=CCc4cccc5ccc2c3c45)c2cccc(OC(=O)C=C)c2)cc1. The summed E-state index contributed by atoms with van der Waals surface area (Å²) in [5, 5.41) is 2.54. The van der Waals surface area contributed by atoms with Crippen molar-refractivity contribution >= 4 is 45.4 Å². The van der Waals surface area contributed by atoms with Crippen molar-refractivity contribution in [2.24, 2.45) is 0 Å². The first-order valence-electron chi connectivity index (χ1n) is 12.7. The standard InChI is InChI=1S/C34H25NO4/c1-3-31(36)38-27-17-15-25(16-18-27)35(26-9-6-10-28(21-26)39-32(37)4-2)30-20-14-24-12-11-22-7-5-8-23-13-19-29(30)34(24)33(22)23/h3-10,12-13,15-21H,1-2,11,14H2. The Morgan fingerprint density at radius 2 is 1.49 bits per heavy atom. The number of nitrogens with zero attached hydrogens (tertiary/aromatic N) is 1. The molecule has 4 aromatic carbocycles. The summed E-state index contributed by atoms with van der Waals surface area (Å²) in [5.41, 5.74) is 7.74. The summed E-state index contributed by atoms with van der Waals surface area (Å²) >= 11 is 0. The molecule has 0 heterocycles. The molecule has 6 rings (SSSR count). The van der Waals surface area contributed by atoms with Gasteiger partial charge in [-0.25, -0.2) is 9.59 Å². The molecular weight excluding hydrogens is 486 g/mol. The molecule has 0 bridgehead atoms. The summed E-state index contributed by atoms with van der Waals surface area (Å²) in [6.45, 7) is 6.96. The van der Waals surface area contributed by atoms with Crippen molar-refractivity contribution in [3.63, 3.8) is 0 Å². The number of benzene rings is 4. The predicted octanol–water partition coefficient (Wildman–Crippen LogP) is 7.55. The van der Waals surface area contributed by atoms with Gasteiger partial charge in [-0.05, 0) is 76.7 Å². The lowest BCUT2D eigenvalue weighted by Gasteiger charge is -2.34. The second-order valence-corrected chi connectivity index (χ2v) is 9.31. The first kappa shape index (κ1) is 24.2. The number of hydrogen-bond acceptors (Lipinski definition) is 5. The highest BCUT2D eigenvalue weighted by atomic mass is 16.5. The van der Waals surface area contributed by atoms with Crippen LogP contribution in [0, 0.1) is 0 Å². The molecule has 5 heteroatoms. The van der Waals surface area contributed by atoms with Crippen molar-refractivity contribution in [2.75, 3.05) is 4.90 Å². The lowest BCUT2D eigenvalue weighted by atomic mass is 9.80. The zero-order valence-corrected chi connectivity index (χ0v) is 21.2. The molecule has 0 N–H and O–H groups in total. The van der Waals surface area contributed by atoms with Crippen molar-refractivity contribution in [2.45, 2.75) is 12.8 Å². The van der Waals surface area contributed by atoms with Crippen LogP contribution in [0.2, 0.25) is 0 Å². The van der Waals surface area contributed by atoms with Crippen LogP contribution in [0.3, 0.4) is 0 Å². The van der Waals surface area contributed by atoms with E-state index < -0.39 is 11.9 Å². The first-order valence-corrected chi connectivity index (χ1v) is 12.7. The minimum absolute atomic E-state index is 0.415. The third kappa shape index (κ3) is 4.44. The largest absolute Gasteiger partial charge is 0.423 e. The average molecular weight is 512 g/mol. The van der Waals surface area contributed by atoms with Gasteiger partial charge in [0.15, 0.2) is 0 Å². The summed E-state index contributed by atoms with van der Waals surface area (Å²) in [5.74, 6) is -0.203. The van der Waals surface area contributed by atoms with E-state index in [1.807, 2.05) is 30.3 Å². The summed E-state index contributed by atoms with van der Waals surface area (Å²) in [6, 6.07) is 25.5. The molecule has 2 aliphatic carbocycles. The fourth-order valence-corrected chi connectivity index (χ4v) is 5.31. The van der Waals surface area contributed by atoms with Crippen molar-refractivity contribution in [1.82, 2.24) is 0 Å². The van der Waals surface area contributed by atoms with E-state index in [2.05, 4.69) is 60.5 Å². The Balaban J connectivity index is 1.51. The highest BCUT2D eigenvalue weighted by molar-refractivity contribution is 6.06. The van der Waals surface area contributed by atoms with Gasteiger partial charge < -0.3 is 14.4 Å². The van der Waals surface area contributed by atoms with Crippen LogP contribution >= 0.6 is 0 Å². The number of esters is 2. The molecule has 0 aliphatic heterocycles. The zero-order chi connectivity index (χ0) is 26.9. The third-order valence-electron chi connectivity index (χ3n) is 6.99. The molecule has 4 aromatic rings. The monoisotopic (exact) mass is 511 g/mol. The van der Waals surface area contributed by atoms with E-state index in [1.54, 1.807) is 18.2 Å². The van der Waals surface area contributed by atoms with Crippen LogP contribution in [0.15, 0.2) is 116 Å². The molecule has 0 saturated heterocycles. The number of anilines is 2. The van der Waals surface area contributed by atoms with E-state index in [-0.39, 0.29) is 0 Å². The van der Waals surface area contributed by atoms with Crippen molar-refractivity contribution in [1.29, 1.82) is 0 Å². The molecule has 0 fully saturated rings. The molecule has 0 saturated carbocycles. The average Bonchev–Trinajstić information content (AvgIpc) is 2.97. The molecule has 0 aromatic heterocycles. The van der Waals surface area contributed by atoms with E-state index in [0.29, 0.717) is 11.5 Å². The highest BCUT2D eigenvalue weighted by Gasteiger charge is 2.27. The Morgan fingerprint density at radius 3 is 2.26 bits per heavy atom. The van der Waals surface area contributed by atoms with E-state index >= 15 is 0 Å². The quantitative estimate of drug-likeness (QED) is 0.146. The van der Waals surface area contributed by atoms with Crippen LogP contribution in [0.1, 0.15) is 23.1 Å². The smallest absolute Gasteiger partial charge is 0.335 e. The van der Waals surface area contributed by atoms with Crippen molar-refractivity contribution < 1.29 is 19.1 Å². The van der Waals surface area contributed by atoms with Crippen LogP contribution in [0.4, 0.5) is 11.4 Å². The maximum Gasteiger partial charge on any atom is 0.335 e. The van der Waals surface area contributed by atoms with Crippen LogP contribution in [-0.4, -0.2) is 11.9 Å². The Bertz CT molecular complexity index is 1730. The van der Waals surface area contributed by atoms with Gasteiger partial charge >= 0.3 is 11.9 Å². The first-order chi connectivity index (χ1) is 19.1. The highest BCUT2D eigenvalue weighted by Crippen LogP contribution is 2.46. The molecule has 0 unspecified atom stereocenters. The van der Waals surface area contributed by atoms with Gasteiger partial charge in [-0.2, -0.15) is 0 Å². The van der Waals surface area contributed by atoms with Crippen molar-refractivity contribution in [3.8, 4) is 11.5 Å². The van der Waals surface area contributed by atoms with Crippen LogP contribution in [0.25, 0.3) is 22.0 Å². The molecule has 2 aliphatic rings. The van der Waals surface area contributed by atoms with Crippen LogP contribution in [-0.2, 0) is 16.0 Å². The number of ether oxygens (including phenoxy) is 2. The Labute approximate surface area is 226 Å². The van der Waals surface area contributed by atoms with Gasteiger partial charge in [-0.15, -0.1) is 0 Å².